The Balaban J connectivity index is 1.47. The van der Waals surface area contributed by atoms with Crippen LogP contribution in [0.2, 0.25) is 0 Å². The van der Waals surface area contributed by atoms with Crippen LogP contribution in [0.1, 0.15) is 44.6 Å². The Morgan fingerprint density at radius 3 is 2.33 bits per heavy atom. The molecular formula is C21H32N4O2. The predicted octanol–water partition coefficient (Wildman–Crippen LogP) is 1.45. The van der Waals surface area contributed by atoms with Crippen molar-refractivity contribution in [2.24, 2.45) is 5.73 Å². The monoisotopic (exact) mass is 372 g/mol. The van der Waals surface area contributed by atoms with Crippen molar-refractivity contribution in [3.63, 3.8) is 0 Å². The third-order valence-electron chi connectivity index (χ3n) is 5.81. The fourth-order valence-electron chi connectivity index (χ4n) is 4.07. The first-order chi connectivity index (χ1) is 13.0. The summed E-state index contributed by atoms with van der Waals surface area (Å²) in [6.07, 6.45) is 5.91. The molecule has 27 heavy (non-hydrogen) atoms. The second-order valence-corrected chi connectivity index (χ2v) is 8.04. The highest BCUT2D eigenvalue weighted by Gasteiger charge is 2.35. The van der Waals surface area contributed by atoms with Crippen LogP contribution in [-0.2, 0) is 15.1 Å². The van der Waals surface area contributed by atoms with Crippen LogP contribution in [-0.4, -0.2) is 60.4 Å². The third kappa shape index (κ3) is 5.08. The SMILES string of the molecule is CC(N)(C(=O)N1CCN(CC(=O)NC2CCCCC2)CC1)c1ccccc1. The van der Waals surface area contributed by atoms with Crippen molar-refractivity contribution in [1.82, 2.24) is 15.1 Å². The maximum Gasteiger partial charge on any atom is 0.247 e. The van der Waals surface area contributed by atoms with Crippen LogP contribution in [0.5, 0.6) is 0 Å². The molecule has 6 nitrogen and oxygen atoms in total. The highest BCUT2D eigenvalue weighted by molar-refractivity contribution is 5.87. The number of rotatable bonds is 5. The van der Waals surface area contributed by atoms with Crippen molar-refractivity contribution in [2.45, 2.75) is 50.6 Å². The first-order valence-electron chi connectivity index (χ1n) is 10.1. The van der Waals surface area contributed by atoms with E-state index in [4.69, 9.17) is 5.73 Å². The predicted molar refractivity (Wildman–Crippen MR) is 106 cm³/mol. The number of nitrogens with one attached hydrogen (secondary N) is 1. The van der Waals surface area contributed by atoms with Crippen LogP contribution in [0.3, 0.4) is 0 Å². The number of benzene rings is 1. The van der Waals surface area contributed by atoms with E-state index in [1.807, 2.05) is 35.2 Å². The molecule has 2 aliphatic rings. The number of amides is 2. The molecule has 1 atom stereocenters. The van der Waals surface area contributed by atoms with Gasteiger partial charge in [-0.25, -0.2) is 0 Å². The number of hydrogen-bond donors (Lipinski definition) is 2. The molecule has 3 rings (SSSR count). The van der Waals surface area contributed by atoms with Crippen LogP contribution in [0.4, 0.5) is 0 Å². The molecule has 2 fully saturated rings. The molecule has 0 spiro atoms. The second kappa shape index (κ2) is 8.85. The van der Waals surface area contributed by atoms with Gasteiger partial charge in [0.1, 0.15) is 5.54 Å². The molecule has 1 saturated carbocycles. The van der Waals surface area contributed by atoms with Gasteiger partial charge in [-0.3, -0.25) is 14.5 Å². The van der Waals surface area contributed by atoms with Crippen molar-refractivity contribution in [1.29, 1.82) is 0 Å². The summed E-state index contributed by atoms with van der Waals surface area (Å²) in [6.45, 7) is 4.81. The lowest BCUT2D eigenvalue weighted by Crippen LogP contribution is -2.57. The van der Waals surface area contributed by atoms with E-state index >= 15 is 0 Å². The van der Waals surface area contributed by atoms with Gasteiger partial charge in [-0.15, -0.1) is 0 Å². The number of carbonyl (C=O) groups is 2. The zero-order chi connectivity index (χ0) is 19.3. The number of hydrogen-bond acceptors (Lipinski definition) is 4. The molecule has 2 amide bonds. The Morgan fingerprint density at radius 1 is 1.07 bits per heavy atom. The summed E-state index contributed by atoms with van der Waals surface area (Å²) in [6, 6.07) is 9.85. The number of piperazine rings is 1. The molecule has 0 aromatic heterocycles. The number of nitrogens with zero attached hydrogens (tertiary/aromatic N) is 2. The Morgan fingerprint density at radius 2 is 1.70 bits per heavy atom. The van der Waals surface area contributed by atoms with E-state index in [1.165, 1.54) is 19.3 Å². The lowest BCUT2D eigenvalue weighted by molar-refractivity contribution is -0.138. The first kappa shape index (κ1) is 19.8. The molecule has 0 radical (unpaired) electrons. The Bertz CT molecular complexity index is 633. The van der Waals surface area contributed by atoms with Crippen molar-refractivity contribution in [2.75, 3.05) is 32.7 Å². The molecule has 1 saturated heterocycles. The van der Waals surface area contributed by atoms with Crippen LogP contribution >= 0.6 is 0 Å². The summed E-state index contributed by atoms with van der Waals surface area (Å²) in [4.78, 5) is 29.1. The van der Waals surface area contributed by atoms with Crippen LogP contribution in [0, 0.1) is 0 Å². The van der Waals surface area contributed by atoms with Crippen molar-refractivity contribution < 1.29 is 9.59 Å². The average molecular weight is 373 g/mol. The lowest BCUT2D eigenvalue weighted by atomic mass is 9.91. The van der Waals surface area contributed by atoms with Gasteiger partial charge in [0, 0.05) is 32.2 Å². The first-order valence-corrected chi connectivity index (χ1v) is 10.1. The molecule has 1 aromatic rings. The summed E-state index contributed by atoms with van der Waals surface area (Å²) in [5, 5.41) is 3.16. The van der Waals surface area contributed by atoms with E-state index in [-0.39, 0.29) is 11.8 Å². The molecule has 1 aliphatic carbocycles. The van der Waals surface area contributed by atoms with E-state index in [9.17, 15) is 9.59 Å². The van der Waals surface area contributed by atoms with Crippen LogP contribution in [0.25, 0.3) is 0 Å². The topological polar surface area (TPSA) is 78.7 Å². The summed E-state index contributed by atoms with van der Waals surface area (Å²) >= 11 is 0. The molecule has 1 aromatic carbocycles. The maximum absolute atomic E-state index is 12.9. The smallest absolute Gasteiger partial charge is 0.247 e. The summed E-state index contributed by atoms with van der Waals surface area (Å²) in [7, 11) is 0. The fourth-order valence-corrected chi connectivity index (χ4v) is 4.07. The highest BCUT2D eigenvalue weighted by atomic mass is 16.2. The molecular weight excluding hydrogens is 340 g/mol. The van der Waals surface area contributed by atoms with Crippen molar-refractivity contribution >= 4 is 11.8 Å². The normalized spacial score (nSPS) is 21.5. The summed E-state index contributed by atoms with van der Waals surface area (Å²) < 4.78 is 0. The molecule has 1 aliphatic heterocycles. The van der Waals surface area contributed by atoms with Crippen molar-refractivity contribution in [3.8, 4) is 0 Å². The van der Waals surface area contributed by atoms with E-state index in [0.717, 1.165) is 18.4 Å². The van der Waals surface area contributed by atoms with Gasteiger partial charge in [-0.05, 0) is 25.3 Å². The minimum absolute atomic E-state index is 0.0555. The van der Waals surface area contributed by atoms with Crippen LogP contribution in [0.15, 0.2) is 30.3 Å². The molecule has 6 heteroatoms. The minimum Gasteiger partial charge on any atom is -0.352 e. The largest absolute Gasteiger partial charge is 0.352 e. The van der Waals surface area contributed by atoms with Gasteiger partial charge in [0.15, 0.2) is 0 Å². The lowest BCUT2D eigenvalue weighted by Gasteiger charge is -2.38. The van der Waals surface area contributed by atoms with Crippen molar-refractivity contribution in [3.05, 3.63) is 35.9 Å². The molecule has 1 unspecified atom stereocenters. The van der Waals surface area contributed by atoms with E-state index in [1.54, 1.807) is 6.92 Å². The minimum atomic E-state index is -1.03. The van der Waals surface area contributed by atoms with Gasteiger partial charge in [0.25, 0.3) is 0 Å². The van der Waals surface area contributed by atoms with Gasteiger partial charge >= 0.3 is 0 Å². The zero-order valence-corrected chi connectivity index (χ0v) is 16.3. The number of carbonyl (C=O) groups excluding carboxylic acids is 2. The fraction of sp³-hybridized carbons (Fsp3) is 0.619. The molecule has 0 bridgehead atoms. The molecule has 148 valence electrons. The van der Waals surface area contributed by atoms with Gasteiger partial charge < -0.3 is 16.0 Å². The third-order valence-corrected chi connectivity index (χ3v) is 5.81. The van der Waals surface area contributed by atoms with E-state index < -0.39 is 5.54 Å². The van der Waals surface area contributed by atoms with Gasteiger partial charge in [0.2, 0.25) is 11.8 Å². The molecule has 1 heterocycles. The van der Waals surface area contributed by atoms with Gasteiger partial charge in [0.05, 0.1) is 6.54 Å². The van der Waals surface area contributed by atoms with Gasteiger partial charge in [-0.2, -0.15) is 0 Å². The zero-order valence-electron chi connectivity index (χ0n) is 16.3. The quantitative estimate of drug-likeness (QED) is 0.820. The second-order valence-electron chi connectivity index (χ2n) is 8.04. The Labute approximate surface area is 162 Å². The highest BCUT2D eigenvalue weighted by Crippen LogP contribution is 2.21. The Kier molecular flexibility index (Phi) is 6.50. The summed E-state index contributed by atoms with van der Waals surface area (Å²) in [5.74, 6) is 0.0506. The van der Waals surface area contributed by atoms with E-state index in [0.29, 0.717) is 38.8 Å². The summed E-state index contributed by atoms with van der Waals surface area (Å²) in [5.41, 5.74) is 6.16. The standard InChI is InChI=1S/C21H32N4O2/c1-21(22,17-8-4-2-5-9-17)20(27)25-14-12-24(13-15-25)16-19(26)23-18-10-6-3-7-11-18/h2,4-5,8-9,18H,3,6-7,10-16,22H2,1H3,(H,23,26). The Hall–Kier alpha value is -1.92. The van der Waals surface area contributed by atoms with Crippen LogP contribution < -0.4 is 11.1 Å². The number of nitrogens with two attached hydrogens (primary N) is 1. The maximum atomic E-state index is 12.9. The van der Waals surface area contributed by atoms with Gasteiger partial charge in [-0.1, -0.05) is 49.6 Å². The van der Waals surface area contributed by atoms with E-state index in [2.05, 4.69) is 10.2 Å². The average Bonchev–Trinajstić information content (AvgIpc) is 2.69. The molecule has 3 N–H and O–H groups in total.